The first-order valence-electron chi connectivity index (χ1n) is 24.8. The lowest BCUT2D eigenvalue weighted by Crippen LogP contribution is -2.37. The normalized spacial score (nSPS) is 12.4. The van der Waals surface area contributed by atoms with Crippen LogP contribution in [0, 0.1) is 13.8 Å². The van der Waals surface area contributed by atoms with Crippen molar-refractivity contribution in [1.82, 2.24) is 0 Å². The standard InChI is InChI=1S/C69H53N3/c1-50-26-38-59(39-27-50)70(61-42-30-54(31-43-61)52-16-6-3-7-17-52)63-46-34-56(35-47-63)69(65-22-12-14-24-67(65)72(58-20-10-5-11-21-58)68-25-15-13-23-66(68)69)57-36-48-64(49-37-57)71(60-40-28-51(2)29-41-60)62-44-32-55(33-45-62)53-18-8-4-9-19-53/h3-49H,1-2H3. The highest BCUT2D eigenvalue weighted by Gasteiger charge is 2.46. The second kappa shape index (κ2) is 19.0. The van der Waals surface area contributed by atoms with Crippen molar-refractivity contribution >= 4 is 51.2 Å². The predicted molar refractivity (Wildman–Crippen MR) is 303 cm³/mol. The third-order valence-corrected chi connectivity index (χ3v) is 14.3. The van der Waals surface area contributed by atoms with Gasteiger partial charge < -0.3 is 14.7 Å². The first-order valence-corrected chi connectivity index (χ1v) is 24.8. The van der Waals surface area contributed by atoms with Gasteiger partial charge in [-0.25, -0.2) is 0 Å². The minimum atomic E-state index is -0.701. The molecule has 0 amide bonds. The summed E-state index contributed by atoms with van der Waals surface area (Å²) in [5, 5.41) is 0. The molecule has 72 heavy (non-hydrogen) atoms. The van der Waals surface area contributed by atoms with E-state index in [1.54, 1.807) is 0 Å². The maximum Gasteiger partial charge on any atom is 0.0742 e. The fourth-order valence-electron chi connectivity index (χ4n) is 10.8. The molecule has 0 bridgehead atoms. The van der Waals surface area contributed by atoms with E-state index in [-0.39, 0.29) is 0 Å². The number of benzene rings is 11. The van der Waals surface area contributed by atoms with E-state index in [0.717, 1.165) is 51.2 Å². The lowest BCUT2D eigenvalue weighted by Gasteiger charge is -2.46. The Hall–Kier alpha value is -9.18. The van der Waals surface area contributed by atoms with Crippen LogP contribution in [-0.4, -0.2) is 0 Å². The van der Waals surface area contributed by atoms with Crippen LogP contribution in [0.4, 0.5) is 51.2 Å². The molecule has 1 aliphatic rings. The highest BCUT2D eigenvalue weighted by molar-refractivity contribution is 5.90. The zero-order valence-corrected chi connectivity index (χ0v) is 40.5. The van der Waals surface area contributed by atoms with Crippen molar-refractivity contribution in [2.24, 2.45) is 0 Å². The smallest absolute Gasteiger partial charge is 0.0742 e. The van der Waals surface area contributed by atoms with Gasteiger partial charge in [0.25, 0.3) is 0 Å². The Morgan fingerprint density at radius 3 is 0.903 bits per heavy atom. The highest BCUT2D eigenvalue weighted by Crippen LogP contribution is 2.58. The minimum Gasteiger partial charge on any atom is -0.311 e. The van der Waals surface area contributed by atoms with E-state index in [2.05, 4.69) is 314 Å². The number of hydrogen-bond acceptors (Lipinski definition) is 3. The molecule has 0 aromatic heterocycles. The molecule has 1 heterocycles. The predicted octanol–water partition coefficient (Wildman–Crippen LogP) is 18.7. The van der Waals surface area contributed by atoms with E-state index in [0.29, 0.717) is 0 Å². The summed E-state index contributed by atoms with van der Waals surface area (Å²) < 4.78 is 0. The monoisotopic (exact) mass is 923 g/mol. The Kier molecular flexibility index (Phi) is 11.6. The Morgan fingerprint density at radius 1 is 0.264 bits per heavy atom. The molecule has 11 aromatic carbocycles. The van der Waals surface area contributed by atoms with E-state index in [1.165, 1.54) is 55.6 Å². The molecule has 0 aliphatic carbocycles. The topological polar surface area (TPSA) is 9.72 Å². The molecule has 3 heteroatoms. The molecule has 0 saturated carbocycles. The summed E-state index contributed by atoms with van der Waals surface area (Å²) >= 11 is 0. The zero-order chi connectivity index (χ0) is 48.4. The summed E-state index contributed by atoms with van der Waals surface area (Å²) in [5.74, 6) is 0. The Labute approximate surface area is 423 Å². The van der Waals surface area contributed by atoms with E-state index in [4.69, 9.17) is 0 Å². The van der Waals surface area contributed by atoms with Crippen LogP contribution < -0.4 is 14.7 Å². The fraction of sp³-hybridized carbons (Fsp3) is 0.0435. The molecule has 3 nitrogen and oxygen atoms in total. The average Bonchev–Trinajstić information content (AvgIpc) is 3.45. The van der Waals surface area contributed by atoms with Gasteiger partial charge in [0.2, 0.25) is 0 Å². The van der Waals surface area contributed by atoms with Crippen LogP contribution in [0.1, 0.15) is 33.4 Å². The number of hydrogen-bond donors (Lipinski definition) is 0. The molecule has 0 spiro atoms. The van der Waals surface area contributed by atoms with Crippen molar-refractivity contribution in [1.29, 1.82) is 0 Å². The molecule has 344 valence electrons. The van der Waals surface area contributed by atoms with Crippen LogP contribution in [0.25, 0.3) is 22.3 Å². The van der Waals surface area contributed by atoms with Crippen molar-refractivity contribution in [2.45, 2.75) is 19.3 Å². The van der Waals surface area contributed by atoms with Gasteiger partial charge in [-0.2, -0.15) is 0 Å². The van der Waals surface area contributed by atoms with Crippen molar-refractivity contribution in [3.05, 3.63) is 318 Å². The van der Waals surface area contributed by atoms with E-state index in [1.807, 2.05) is 0 Å². The maximum atomic E-state index is 2.43. The van der Waals surface area contributed by atoms with Gasteiger partial charge in [-0.3, -0.25) is 0 Å². The van der Waals surface area contributed by atoms with Gasteiger partial charge in [0.15, 0.2) is 0 Å². The molecule has 0 atom stereocenters. The molecule has 0 radical (unpaired) electrons. The summed E-state index contributed by atoms with van der Waals surface area (Å²) in [4.78, 5) is 7.17. The second-order valence-corrected chi connectivity index (χ2v) is 18.7. The quantitative estimate of drug-likeness (QED) is 0.128. The van der Waals surface area contributed by atoms with Gasteiger partial charge >= 0.3 is 0 Å². The van der Waals surface area contributed by atoms with E-state index < -0.39 is 5.41 Å². The third kappa shape index (κ3) is 8.01. The van der Waals surface area contributed by atoms with Crippen LogP contribution in [0.2, 0.25) is 0 Å². The van der Waals surface area contributed by atoms with Gasteiger partial charge in [0, 0.05) is 39.8 Å². The number of nitrogens with zero attached hydrogens (tertiary/aromatic N) is 3. The number of aryl methyl sites for hydroxylation is 2. The van der Waals surface area contributed by atoms with Crippen molar-refractivity contribution in [2.75, 3.05) is 14.7 Å². The van der Waals surface area contributed by atoms with Crippen molar-refractivity contribution in [3.63, 3.8) is 0 Å². The van der Waals surface area contributed by atoms with E-state index in [9.17, 15) is 0 Å². The van der Waals surface area contributed by atoms with Crippen LogP contribution in [-0.2, 0) is 5.41 Å². The fourth-order valence-corrected chi connectivity index (χ4v) is 10.8. The number of para-hydroxylation sites is 3. The van der Waals surface area contributed by atoms with Gasteiger partial charge in [-0.15, -0.1) is 0 Å². The average molecular weight is 924 g/mol. The molecule has 0 unspecified atom stereocenters. The molecule has 0 saturated heterocycles. The number of rotatable bonds is 11. The molecular formula is C69H53N3. The molecule has 11 aromatic rings. The van der Waals surface area contributed by atoms with Gasteiger partial charge in [-0.1, -0.05) is 199 Å². The summed E-state index contributed by atoms with van der Waals surface area (Å²) in [7, 11) is 0. The molecule has 0 fully saturated rings. The molecule has 12 rings (SSSR count). The highest BCUT2D eigenvalue weighted by atomic mass is 15.2. The van der Waals surface area contributed by atoms with Crippen LogP contribution in [0.3, 0.4) is 0 Å². The minimum absolute atomic E-state index is 0.701. The lowest BCUT2D eigenvalue weighted by molar-refractivity contribution is 0.731. The number of fused-ring (bicyclic) bond motifs is 2. The van der Waals surface area contributed by atoms with Crippen molar-refractivity contribution < 1.29 is 0 Å². The second-order valence-electron chi connectivity index (χ2n) is 18.7. The Bertz CT molecular complexity index is 3370. The Morgan fingerprint density at radius 2 is 0.542 bits per heavy atom. The van der Waals surface area contributed by atoms with Crippen LogP contribution >= 0.6 is 0 Å². The largest absolute Gasteiger partial charge is 0.311 e. The molecular weight excluding hydrogens is 871 g/mol. The maximum absolute atomic E-state index is 2.43. The van der Waals surface area contributed by atoms with Gasteiger partial charge in [-0.05, 0) is 155 Å². The molecule has 1 aliphatic heterocycles. The van der Waals surface area contributed by atoms with Gasteiger partial charge in [0.05, 0.1) is 16.8 Å². The number of anilines is 9. The lowest BCUT2D eigenvalue weighted by atomic mass is 9.62. The third-order valence-electron chi connectivity index (χ3n) is 14.3. The summed E-state index contributed by atoms with van der Waals surface area (Å²) in [6.45, 7) is 4.29. The first-order chi connectivity index (χ1) is 35.5. The summed E-state index contributed by atoms with van der Waals surface area (Å²) in [6, 6.07) is 104. The van der Waals surface area contributed by atoms with E-state index >= 15 is 0 Å². The Balaban J connectivity index is 1.03. The van der Waals surface area contributed by atoms with Crippen molar-refractivity contribution in [3.8, 4) is 22.3 Å². The zero-order valence-electron chi connectivity index (χ0n) is 40.5. The summed E-state index contributed by atoms with van der Waals surface area (Å²) in [6.07, 6.45) is 0. The first kappa shape index (κ1) is 44.1. The van der Waals surface area contributed by atoms with Crippen LogP contribution in [0.5, 0.6) is 0 Å². The SMILES string of the molecule is Cc1ccc(N(c2ccc(-c3ccccc3)cc2)c2ccc(C3(c4ccc(N(c5ccc(C)cc5)c5ccc(-c6ccccc6)cc5)cc4)c4ccccc4N(c4ccccc4)c4ccccc43)cc2)cc1. The summed E-state index contributed by atoms with van der Waals surface area (Å²) in [5.41, 5.74) is 21.3. The molecule has 0 N–H and O–H groups in total. The van der Waals surface area contributed by atoms with Crippen LogP contribution in [0.15, 0.2) is 285 Å². The van der Waals surface area contributed by atoms with Gasteiger partial charge in [0.1, 0.15) is 0 Å².